The molecule has 1 aromatic heterocycles. The Balaban J connectivity index is 2.73. The minimum Gasteiger partial charge on any atom is -0.477 e. The summed E-state index contributed by atoms with van der Waals surface area (Å²) >= 11 is 9.47. The Bertz CT molecular complexity index is 674. The van der Waals surface area contributed by atoms with Crippen LogP contribution in [0.2, 0.25) is 5.02 Å². The topological polar surface area (TPSA) is 63.3 Å². The molecule has 4 nitrogen and oxygen atoms in total. The quantitative estimate of drug-likeness (QED) is 0.841. The van der Waals surface area contributed by atoms with E-state index in [9.17, 15) is 9.90 Å². The largest absolute Gasteiger partial charge is 0.477 e. The first-order chi connectivity index (χ1) is 9.21. The predicted molar refractivity (Wildman–Crippen MR) is 80.3 cm³/mol. The number of nitrogens with zero attached hydrogens (tertiary/aromatic N) is 1. The SMILES string of the molecule is CC(C)(C)c1onc(-c2cc(Br)ccc2Cl)c1C(=O)O. The fourth-order valence-corrected chi connectivity index (χ4v) is 2.43. The number of aromatic nitrogens is 1. The molecule has 2 aromatic rings. The normalized spacial score (nSPS) is 11.7. The van der Waals surface area contributed by atoms with Crippen molar-refractivity contribution < 1.29 is 14.4 Å². The zero-order valence-electron chi connectivity index (χ0n) is 11.2. The molecule has 0 spiro atoms. The van der Waals surface area contributed by atoms with E-state index in [2.05, 4.69) is 21.1 Å². The maximum Gasteiger partial charge on any atom is 0.341 e. The monoisotopic (exact) mass is 357 g/mol. The van der Waals surface area contributed by atoms with Gasteiger partial charge >= 0.3 is 5.97 Å². The molecule has 106 valence electrons. The summed E-state index contributed by atoms with van der Waals surface area (Å²) in [7, 11) is 0. The smallest absolute Gasteiger partial charge is 0.341 e. The minimum atomic E-state index is -1.08. The molecule has 6 heteroatoms. The van der Waals surface area contributed by atoms with Crippen molar-refractivity contribution in [2.24, 2.45) is 0 Å². The van der Waals surface area contributed by atoms with Crippen LogP contribution in [0.15, 0.2) is 27.2 Å². The van der Waals surface area contributed by atoms with Gasteiger partial charge in [0.05, 0.1) is 5.02 Å². The molecule has 0 amide bonds. The van der Waals surface area contributed by atoms with E-state index < -0.39 is 11.4 Å². The average molecular weight is 359 g/mol. The lowest BCUT2D eigenvalue weighted by Gasteiger charge is -2.14. The third-order valence-corrected chi connectivity index (χ3v) is 3.59. The highest BCUT2D eigenvalue weighted by Crippen LogP contribution is 2.37. The predicted octanol–water partition coefficient (Wildman–Crippen LogP) is 4.75. The van der Waals surface area contributed by atoms with Crippen LogP contribution in [0.1, 0.15) is 36.9 Å². The maximum atomic E-state index is 11.6. The Morgan fingerprint density at radius 3 is 2.60 bits per heavy atom. The molecule has 1 N–H and O–H groups in total. The highest BCUT2D eigenvalue weighted by Gasteiger charge is 2.31. The Labute approximate surface area is 129 Å². The molecule has 2 rings (SSSR count). The maximum absolute atomic E-state index is 11.6. The molecule has 20 heavy (non-hydrogen) atoms. The molecule has 0 saturated carbocycles. The van der Waals surface area contributed by atoms with Crippen molar-refractivity contribution in [1.82, 2.24) is 5.16 Å². The first-order valence-electron chi connectivity index (χ1n) is 5.90. The lowest BCUT2D eigenvalue weighted by atomic mass is 9.89. The van der Waals surface area contributed by atoms with E-state index in [0.29, 0.717) is 16.3 Å². The van der Waals surface area contributed by atoms with Crippen LogP contribution < -0.4 is 0 Å². The van der Waals surface area contributed by atoms with Gasteiger partial charge in [0.1, 0.15) is 11.3 Å². The summed E-state index contributed by atoms with van der Waals surface area (Å²) in [6, 6.07) is 5.17. The lowest BCUT2D eigenvalue weighted by molar-refractivity contribution is 0.0693. The third kappa shape index (κ3) is 2.74. The van der Waals surface area contributed by atoms with Gasteiger partial charge < -0.3 is 9.63 Å². The number of hydrogen-bond donors (Lipinski definition) is 1. The zero-order chi connectivity index (χ0) is 15.1. The summed E-state index contributed by atoms with van der Waals surface area (Å²) in [4.78, 5) is 11.6. The number of carboxylic acid groups (broad SMARTS) is 1. The van der Waals surface area contributed by atoms with Crippen LogP contribution in [0, 0.1) is 0 Å². The molecular weight excluding hydrogens is 346 g/mol. The van der Waals surface area contributed by atoms with Gasteiger partial charge in [-0.1, -0.05) is 53.5 Å². The van der Waals surface area contributed by atoms with Gasteiger partial charge in [-0.15, -0.1) is 0 Å². The van der Waals surface area contributed by atoms with Crippen molar-refractivity contribution in [3.8, 4) is 11.3 Å². The molecule has 0 fully saturated rings. The third-order valence-electron chi connectivity index (χ3n) is 2.77. The first-order valence-corrected chi connectivity index (χ1v) is 7.07. The number of rotatable bonds is 2. The summed E-state index contributed by atoms with van der Waals surface area (Å²) in [5.74, 6) is -0.752. The number of carbonyl (C=O) groups is 1. The van der Waals surface area contributed by atoms with Crippen molar-refractivity contribution in [2.45, 2.75) is 26.2 Å². The van der Waals surface area contributed by atoms with E-state index in [1.54, 1.807) is 18.2 Å². The van der Waals surface area contributed by atoms with Crippen LogP contribution in [0.5, 0.6) is 0 Å². The van der Waals surface area contributed by atoms with Crippen LogP contribution in [0.3, 0.4) is 0 Å². The zero-order valence-corrected chi connectivity index (χ0v) is 13.5. The number of carboxylic acids is 1. The Kier molecular flexibility index (Phi) is 3.93. The van der Waals surface area contributed by atoms with Crippen LogP contribution in [0.4, 0.5) is 0 Å². The highest BCUT2D eigenvalue weighted by atomic mass is 79.9. The Hall–Kier alpha value is -1.33. The first kappa shape index (κ1) is 15.1. The molecular formula is C14H13BrClNO3. The van der Waals surface area contributed by atoms with Crippen LogP contribution >= 0.6 is 27.5 Å². The fourth-order valence-electron chi connectivity index (χ4n) is 1.86. The molecule has 0 bridgehead atoms. The molecule has 1 heterocycles. The van der Waals surface area contributed by atoms with Gasteiger partial charge in [0.2, 0.25) is 0 Å². The Morgan fingerprint density at radius 1 is 1.40 bits per heavy atom. The lowest BCUT2D eigenvalue weighted by Crippen LogP contribution is -2.15. The van der Waals surface area contributed by atoms with E-state index in [-0.39, 0.29) is 11.3 Å². The second-order valence-corrected chi connectivity index (χ2v) is 6.74. The minimum absolute atomic E-state index is 0.0532. The van der Waals surface area contributed by atoms with E-state index >= 15 is 0 Å². The van der Waals surface area contributed by atoms with Crippen LogP contribution in [0.25, 0.3) is 11.3 Å². The van der Waals surface area contributed by atoms with Crippen molar-refractivity contribution in [2.75, 3.05) is 0 Å². The summed E-state index contributed by atoms with van der Waals surface area (Å²) < 4.78 is 6.05. The van der Waals surface area contributed by atoms with Crippen molar-refractivity contribution >= 4 is 33.5 Å². The number of benzene rings is 1. The number of halogens is 2. The van der Waals surface area contributed by atoms with Gasteiger partial charge in [-0.25, -0.2) is 4.79 Å². The second-order valence-electron chi connectivity index (χ2n) is 5.41. The van der Waals surface area contributed by atoms with E-state index in [1.165, 1.54) is 0 Å². The Morgan fingerprint density at radius 2 is 2.05 bits per heavy atom. The fraction of sp³-hybridized carbons (Fsp3) is 0.286. The molecule has 0 aliphatic carbocycles. The molecule has 1 aromatic carbocycles. The summed E-state index contributed by atoms with van der Waals surface area (Å²) in [6.45, 7) is 5.60. The van der Waals surface area contributed by atoms with E-state index in [1.807, 2.05) is 20.8 Å². The van der Waals surface area contributed by atoms with Crippen molar-refractivity contribution in [1.29, 1.82) is 0 Å². The van der Waals surface area contributed by atoms with E-state index in [4.69, 9.17) is 16.1 Å². The van der Waals surface area contributed by atoms with Gasteiger partial charge in [-0.05, 0) is 18.2 Å². The molecule has 0 atom stereocenters. The van der Waals surface area contributed by atoms with Gasteiger partial charge in [0, 0.05) is 15.5 Å². The highest BCUT2D eigenvalue weighted by molar-refractivity contribution is 9.10. The molecule has 0 radical (unpaired) electrons. The van der Waals surface area contributed by atoms with Crippen molar-refractivity contribution in [3.05, 3.63) is 39.0 Å². The second kappa shape index (κ2) is 5.22. The number of hydrogen-bond acceptors (Lipinski definition) is 3. The van der Waals surface area contributed by atoms with Gasteiger partial charge in [-0.3, -0.25) is 0 Å². The molecule has 0 unspecified atom stereocenters. The van der Waals surface area contributed by atoms with Crippen LogP contribution in [-0.4, -0.2) is 16.2 Å². The van der Waals surface area contributed by atoms with Gasteiger partial charge in [0.15, 0.2) is 5.76 Å². The van der Waals surface area contributed by atoms with Gasteiger partial charge in [0.25, 0.3) is 0 Å². The van der Waals surface area contributed by atoms with E-state index in [0.717, 1.165) is 4.47 Å². The summed E-state index contributed by atoms with van der Waals surface area (Å²) in [5, 5.41) is 13.8. The van der Waals surface area contributed by atoms with Crippen molar-refractivity contribution in [3.63, 3.8) is 0 Å². The number of aromatic carboxylic acids is 1. The standard InChI is InChI=1S/C14H13BrClNO3/c1-14(2,3)12-10(13(18)19)11(17-20-12)8-6-7(15)4-5-9(8)16/h4-6H,1-3H3,(H,18,19). The van der Waals surface area contributed by atoms with Gasteiger partial charge in [-0.2, -0.15) is 0 Å². The molecule has 0 aliphatic rings. The summed E-state index contributed by atoms with van der Waals surface area (Å²) in [6.07, 6.45) is 0. The molecule has 0 aliphatic heterocycles. The summed E-state index contributed by atoms with van der Waals surface area (Å²) in [5.41, 5.74) is 0.362. The average Bonchev–Trinajstić information content (AvgIpc) is 2.76. The van der Waals surface area contributed by atoms with Crippen LogP contribution in [-0.2, 0) is 5.41 Å². The molecule has 0 saturated heterocycles.